The number of aromatic nitrogens is 7. The molecule has 3 aliphatic carbocycles. The average Bonchev–Trinajstić information content (AvgIpc) is 1.62. The number of fused-ring (bicyclic) bond motifs is 18. The molecule has 5 aromatic heterocycles. The summed E-state index contributed by atoms with van der Waals surface area (Å²) < 4.78 is 2.40. The van der Waals surface area contributed by atoms with E-state index in [2.05, 4.69) is 260 Å². The number of rotatable bonds is 5. The Morgan fingerprint density at radius 1 is 0.340 bits per heavy atom. The highest BCUT2D eigenvalue weighted by Crippen LogP contribution is 2.53. The number of hydrogen-bond acceptors (Lipinski definition) is 6. The van der Waals surface area contributed by atoms with Crippen molar-refractivity contribution in [2.24, 2.45) is 0 Å². The van der Waals surface area contributed by atoms with Gasteiger partial charge in [0.2, 0.25) is 0 Å². The van der Waals surface area contributed by atoms with Gasteiger partial charge in [-0.25, -0.2) is 19.9 Å². The van der Waals surface area contributed by atoms with Gasteiger partial charge >= 0.3 is 0 Å². The van der Waals surface area contributed by atoms with Gasteiger partial charge in [-0.05, 0) is 143 Å². The molecule has 5 heterocycles. The maximum Gasteiger partial charge on any atom is 0.161 e. The van der Waals surface area contributed by atoms with E-state index in [9.17, 15) is 0 Å². The zero-order valence-corrected chi connectivity index (χ0v) is 54.7. The summed E-state index contributed by atoms with van der Waals surface area (Å²) in [5.41, 5.74) is 22.4. The van der Waals surface area contributed by atoms with Gasteiger partial charge in [0, 0.05) is 67.4 Å². The van der Waals surface area contributed by atoms with Crippen LogP contribution in [0.25, 0.3) is 149 Å². The lowest BCUT2D eigenvalue weighted by Crippen LogP contribution is -2.18. The first-order chi connectivity index (χ1) is 47.5. The molecule has 0 aliphatic heterocycles. The summed E-state index contributed by atoms with van der Waals surface area (Å²) in [6.45, 7) is 8.95. The summed E-state index contributed by atoms with van der Waals surface area (Å²) in [5.74, 6) is 2.28. The zero-order valence-electron chi connectivity index (χ0n) is 53.9. The Morgan fingerprint density at radius 2 is 0.814 bits per heavy atom. The molecule has 0 radical (unpaired) electrons. The summed E-state index contributed by atoms with van der Waals surface area (Å²) in [7, 11) is 0. The molecule has 0 fully saturated rings. The van der Waals surface area contributed by atoms with Crippen LogP contribution in [0.4, 0.5) is 0 Å². The topological polar surface area (TPSA) is 82.3 Å². The van der Waals surface area contributed by atoms with Crippen LogP contribution in [0.2, 0.25) is 5.15 Å². The molecule has 0 spiro atoms. The monoisotopic (exact) mass is 1260 g/mol. The molecule has 17 aromatic rings. The van der Waals surface area contributed by atoms with E-state index in [4.69, 9.17) is 26.6 Å². The van der Waals surface area contributed by atoms with Gasteiger partial charge in [0.15, 0.2) is 11.6 Å². The molecule has 0 unspecified atom stereocenters. The van der Waals surface area contributed by atoms with Gasteiger partial charge in [0.25, 0.3) is 0 Å². The second kappa shape index (κ2) is 22.7. The van der Waals surface area contributed by atoms with Gasteiger partial charge in [-0.3, -0.25) is 14.5 Å². The van der Waals surface area contributed by atoms with Crippen molar-refractivity contribution in [2.75, 3.05) is 0 Å². The molecule has 97 heavy (non-hydrogen) atoms. The van der Waals surface area contributed by atoms with Crippen LogP contribution in [0.1, 0.15) is 61.3 Å². The third-order valence-corrected chi connectivity index (χ3v) is 20.5. The summed E-state index contributed by atoms with van der Waals surface area (Å²) in [6, 6.07) is 98.7. The van der Waals surface area contributed by atoms with Gasteiger partial charge in [0.1, 0.15) is 11.0 Å². The molecule has 0 amide bonds. The Balaban J connectivity index is 0.000000117. The van der Waals surface area contributed by atoms with E-state index in [1.807, 2.05) is 72.9 Å². The summed E-state index contributed by atoms with van der Waals surface area (Å²) in [6.07, 6.45) is 4.68. The van der Waals surface area contributed by atoms with Gasteiger partial charge in [0.05, 0.1) is 33.8 Å². The first-order valence-corrected chi connectivity index (χ1v) is 33.5. The summed E-state index contributed by atoms with van der Waals surface area (Å²) >= 11 is 6.65. The predicted octanol–water partition coefficient (Wildman–Crippen LogP) is 22.6. The van der Waals surface area contributed by atoms with Crippen LogP contribution in [0.3, 0.4) is 0 Å². The first-order valence-electron chi connectivity index (χ1n) is 33.1. The number of nitrogens with zero attached hydrogens (tertiary/aromatic N) is 7. The molecular weight excluding hydrogens is 1200 g/mol. The lowest BCUT2D eigenvalue weighted by molar-refractivity contribution is 0.635. The quantitative estimate of drug-likeness (QED) is 0.160. The van der Waals surface area contributed by atoms with Gasteiger partial charge in [-0.2, -0.15) is 0 Å². The lowest BCUT2D eigenvalue weighted by atomic mass is 9.85. The third kappa shape index (κ3) is 9.55. The van der Waals surface area contributed by atoms with Crippen molar-refractivity contribution < 1.29 is 0 Å². The highest BCUT2D eigenvalue weighted by molar-refractivity contribution is 6.32. The largest absolute Gasteiger partial charge is 0.293 e. The molecule has 8 heteroatoms. The van der Waals surface area contributed by atoms with Gasteiger partial charge in [-0.15, -0.1) is 0 Å². The number of pyridine rings is 2. The number of halogens is 1. The first kappa shape index (κ1) is 57.9. The SMILES string of the molecule is CC1(C)c2ccccc2-c2c(-n3c4cc5ccccc5cc4c4c5ccccc5ccc43)nc(-c3ccc(-c4ccccn4)cc3)nc21.CC1(C)c2ccccc2-c2c(Cl)nc(-c3ccc(-c4ccccn4)cc3)nc21.c1ccc2cc3c(cc2c1)Cc1ccc2ccccc2c1-3. The van der Waals surface area contributed by atoms with E-state index in [0.717, 1.165) is 85.0 Å². The summed E-state index contributed by atoms with van der Waals surface area (Å²) in [4.78, 5) is 29.4. The Morgan fingerprint density at radius 3 is 1.42 bits per heavy atom. The fourth-order valence-electron chi connectivity index (χ4n) is 15.4. The Labute approximate surface area is 567 Å². The van der Waals surface area contributed by atoms with Gasteiger partial charge in [-0.1, -0.05) is 270 Å². The minimum absolute atomic E-state index is 0.207. The van der Waals surface area contributed by atoms with E-state index in [1.165, 1.54) is 92.8 Å². The smallest absolute Gasteiger partial charge is 0.161 e. The van der Waals surface area contributed by atoms with Crippen molar-refractivity contribution in [3.05, 3.63) is 330 Å². The fraction of sp³-hybridized carbons (Fsp3) is 0.0787. The molecule has 7 nitrogen and oxygen atoms in total. The molecule has 12 aromatic carbocycles. The Bertz CT molecular complexity index is 6040. The molecule has 0 saturated carbocycles. The highest BCUT2D eigenvalue weighted by Gasteiger charge is 2.41. The second-order valence-electron chi connectivity index (χ2n) is 26.7. The maximum atomic E-state index is 6.65. The molecule has 0 bridgehead atoms. The van der Waals surface area contributed by atoms with Crippen LogP contribution < -0.4 is 0 Å². The van der Waals surface area contributed by atoms with Crippen molar-refractivity contribution in [1.29, 1.82) is 0 Å². The third-order valence-electron chi connectivity index (χ3n) is 20.3. The van der Waals surface area contributed by atoms with Crippen LogP contribution in [-0.4, -0.2) is 34.5 Å². The van der Waals surface area contributed by atoms with Gasteiger partial charge < -0.3 is 0 Å². The zero-order chi connectivity index (χ0) is 65.1. The van der Waals surface area contributed by atoms with Crippen molar-refractivity contribution >= 4 is 76.5 Å². The Kier molecular flexibility index (Phi) is 13.6. The normalized spacial score (nSPS) is 13.3. The molecule has 460 valence electrons. The van der Waals surface area contributed by atoms with E-state index in [0.29, 0.717) is 16.8 Å². The minimum Gasteiger partial charge on any atom is -0.293 e. The standard InChI is InChI=1S/C44H30N4.C24H18ClN3.C21H14/c1-44(2)35-16-8-7-15-33(35)40-41(44)46-42(29-20-18-28(19-21-29)36-17-9-10-24-45-36)47-43(40)48-37-23-22-27-11-5-6-14-32(27)39(37)34-25-30-12-3-4-13-31(30)26-38(34)48;1-24(2)18-8-4-3-7-17(18)20-21(24)27-23(28-22(20)25)16-12-10-15(11-13-16)19-9-5-6-14-26-19;1-2-7-16-13-20-18(11-15(16)6-1)12-17-10-9-14-5-3-4-8-19(14)21(17)20/h3-26H,1-2H3;3-14H,1-2H3;1-11,13H,12H2. The number of hydrogen-bond donors (Lipinski definition) is 0. The van der Waals surface area contributed by atoms with E-state index in [1.54, 1.807) is 6.20 Å². The van der Waals surface area contributed by atoms with E-state index < -0.39 is 0 Å². The lowest BCUT2D eigenvalue weighted by Gasteiger charge is -2.21. The molecule has 0 saturated heterocycles. The Hall–Kier alpha value is -11.8. The fourth-order valence-corrected chi connectivity index (χ4v) is 15.7. The molecule has 3 aliphatic rings. The summed E-state index contributed by atoms with van der Waals surface area (Å²) in [5, 5.41) is 13.3. The second-order valence-corrected chi connectivity index (χ2v) is 27.0. The molecule has 0 atom stereocenters. The van der Waals surface area contributed by atoms with Crippen LogP contribution in [0.5, 0.6) is 0 Å². The average molecular weight is 1260 g/mol. The van der Waals surface area contributed by atoms with E-state index >= 15 is 0 Å². The van der Waals surface area contributed by atoms with E-state index in [-0.39, 0.29) is 10.8 Å². The van der Waals surface area contributed by atoms with Crippen molar-refractivity contribution in [3.8, 4) is 84.5 Å². The van der Waals surface area contributed by atoms with Crippen LogP contribution in [-0.2, 0) is 17.3 Å². The highest BCUT2D eigenvalue weighted by atomic mass is 35.5. The van der Waals surface area contributed by atoms with Crippen LogP contribution in [0, 0.1) is 0 Å². The minimum atomic E-state index is -0.301. The molecule has 0 N–H and O–H groups in total. The van der Waals surface area contributed by atoms with Crippen LogP contribution in [0.15, 0.2) is 291 Å². The van der Waals surface area contributed by atoms with Crippen molar-refractivity contribution in [1.82, 2.24) is 34.5 Å². The molecular formula is C89H62ClN7. The van der Waals surface area contributed by atoms with Crippen molar-refractivity contribution in [2.45, 2.75) is 44.9 Å². The molecule has 20 rings (SSSR count). The number of benzene rings is 12. The van der Waals surface area contributed by atoms with Crippen LogP contribution >= 0.6 is 11.6 Å². The van der Waals surface area contributed by atoms with Crippen molar-refractivity contribution in [3.63, 3.8) is 0 Å². The predicted molar refractivity (Wildman–Crippen MR) is 401 cm³/mol. The maximum absolute atomic E-state index is 6.65.